The summed E-state index contributed by atoms with van der Waals surface area (Å²) in [5, 5.41) is 0. The van der Waals surface area contributed by atoms with E-state index in [1.54, 1.807) is 0 Å². The number of rotatable bonds is 0. The van der Waals surface area contributed by atoms with Gasteiger partial charge in [-0.3, -0.25) is 0 Å². The van der Waals surface area contributed by atoms with Crippen LogP contribution in [0.15, 0.2) is 60.2 Å². The maximum Gasteiger partial charge on any atom is 0.155 e. The lowest BCUT2D eigenvalue weighted by Crippen LogP contribution is -2.34. The molecule has 4 heteroatoms. The van der Waals surface area contributed by atoms with Gasteiger partial charge in [0.15, 0.2) is 11.6 Å². The minimum atomic E-state index is 1.06. The number of para-hydroxylation sites is 4. The molecule has 3 aliphatic rings. The Morgan fingerprint density at radius 1 is 0.609 bits per heavy atom. The lowest BCUT2D eigenvalue weighted by Gasteiger charge is -2.27. The van der Waals surface area contributed by atoms with Gasteiger partial charge in [0.25, 0.3) is 0 Å². The van der Waals surface area contributed by atoms with E-state index in [1.165, 1.54) is 34.4 Å². The summed E-state index contributed by atoms with van der Waals surface area (Å²) in [5.74, 6) is 2.59. The molecule has 116 valence electrons. The van der Waals surface area contributed by atoms with E-state index in [9.17, 15) is 0 Å². The molecule has 0 unspecified atom stereocenters. The first-order valence-corrected chi connectivity index (χ1v) is 8.22. The summed E-state index contributed by atoms with van der Waals surface area (Å²) in [6.07, 6.45) is 1.15. The molecule has 0 amide bonds. The Morgan fingerprint density at radius 3 is 1.43 bits per heavy atom. The molecule has 0 radical (unpaired) electrons. The van der Waals surface area contributed by atoms with Crippen molar-refractivity contribution in [1.82, 2.24) is 0 Å². The van der Waals surface area contributed by atoms with Crippen LogP contribution in [0.4, 0.5) is 22.7 Å². The maximum absolute atomic E-state index is 2.48. The SMILES string of the molecule is CN1C2=C3N(C)c4ccccc4N3CCCN2c2ccccc21. The lowest BCUT2D eigenvalue weighted by atomic mass is 10.2. The molecule has 4 nitrogen and oxygen atoms in total. The van der Waals surface area contributed by atoms with Crippen molar-refractivity contribution in [2.24, 2.45) is 0 Å². The first kappa shape index (κ1) is 12.9. The van der Waals surface area contributed by atoms with Gasteiger partial charge in [0.2, 0.25) is 0 Å². The smallest absolute Gasteiger partial charge is 0.155 e. The second-order valence-corrected chi connectivity index (χ2v) is 6.40. The van der Waals surface area contributed by atoms with E-state index in [0.29, 0.717) is 0 Å². The van der Waals surface area contributed by atoms with Gasteiger partial charge in [-0.1, -0.05) is 24.3 Å². The fraction of sp³-hybridized carbons (Fsp3) is 0.263. The Kier molecular flexibility index (Phi) is 2.49. The number of benzene rings is 2. The number of anilines is 4. The minimum Gasteiger partial charge on any atom is -0.326 e. The molecule has 3 aliphatic heterocycles. The number of hydrogen-bond donors (Lipinski definition) is 0. The van der Waals surface area contributed by atoms with Gasteiger partial charge in [0.1, 0.15) is 0 Å². The highest BCUT2D eigenvalue weighted by Gasteiger charge is 2.40. The fourth-order valence-corrected chi connectivity index (χ4v) is 4.15. The monoisotopic (exact) mass is 304 g/mol. The van der Waals surface area contributed by atoms with Crippen LogP contribution in [0, 0.1) is 0 Å². The minimum absolute atomic E-state index is 1.06. The standard InChI is InChI=1S/C19H20N4/c1-20-14-8-3-5-10-16(14)22-12-7-13-23-17-11-6-4-9-15(17)21(2)19(23)18(20)22/h3-6,8-11H,7,12-13H2,1-2H3. The molecular formula is C19H20N4. The highest BCUT2D eigenvalue weighted by molar-refractivity contribution is 5.88. The Hall–Kier alpha value is -2.62. The maximum atomic E-state index is 2.48. The molecular weight excluding hydrogens is 284 g/mol. The van der Waals surface area contributed by atoms with Crippen LogP contribution in [0.2, 0.25) is 0 Å². The van der Waals surface area contributed by atoms with Crippen molar-refractivity contribution in [3.05, 3.63) is 60.2 Å². The molecule has 2 aromatic carbocycles. The molecule has 0 atom stereocenters. The van der Waals surface area contributed by atoms with Crippen LogP contribution in [0.5, 0.6) is 0 Å². The summed E-state index contributed by atoms with van der Waals surface area (Å²) in [5.41, 5.74) is 5.23. The third-order valence-electron chi connectivity index (χ3n) is 5.18. The molecule has 0 aromatic heterocycles. The van der Waals surface area contributed by atoms with Gasteiger partial charge in [0.05, 0.1) is 22.7 Å². The average molecular weight is 304 g/mol. The van der Waals surface area contributed by atoms with Crippen molar-refractivity contribution in [1.29, 1.82) is 0 Å². The zero-order valence-electron chi connectivity index (χ0n) is 13.5. The predicted octanol–water partition coefficient (Wildman–Crippen LogP) is 3.43. The molecule has 0 saturated heterocycles. The van der Waals surface area contributed by atoms with Gasteiger partial charge in [-0.2, -0.15) is 0 Å². The van der Waals surface area contributed by atoms with Crippen LogP contribution >= 0.6 is 0 Å². The van der Waals surface area contributed by atoms with Crippen LogP contribution in [-0.4, -0.2) is 27.2 Å². The molecule has 0 spiro atoms. The molecule has 0 saturated carbocycles. The van der Waals surface area contributed by atoms with Gasteiger partial charge in [-0.05, 0) is 30.7 Å². The van der Waals surface area contributed by atoms with Gasteiger partial charge < -0.3 is 19.6 Å². The average Bonchev–Trinajstić information content (AvgIpc) is 2.92. The summed E-state index contributed by atoms with van der Waals surface area (Å²) >= 11 is 0. The number of nitrogens with zero attached hydrogens (tertiary/aromatic N) is 4. The second kappa shape index (κ2) is 4.44. The lowest BCUT2D eigenvalue weighted by molar-refractivity contribution is 0.809. The summed E-state index contributed by atoms with van der Waals surface area (Å²) in [7, 11) is 4.36. The largest absolute Gasteiger partial charge is 0.326 e. The van der Waals surface area contributed by atoms with E-state index < -0.39 is 0 Å². The van der Waals surface area contributed by atoms with E-state index in [1.807, 2.05) is 0 Å². The van der Waals surface area contributed by atoms with Crippen molar-refractivity contribution in [3.63, 3.8) is 0 Å². The van der Waals surface area contributed by atoms with E-state index in [2.05, 4.69) is 82.2 Å². The molecule has 0 fully saturated rings. The van der Waals surface area contributed by atoms with Gasteiger partial charge in [-0.25, -0.2) is 0 Å². The molecule has 5 rings (SSSR count). The normalized spacial score (nSPS) is 18.7. The first-order valence-electron chi connectivity index (χ1n) is 8.22. The van der Waals surface area contributed by atoms with Gasteiger partial charge in [0, 0.05) is 27.2 Å². The van der Waals surface area contributed by atoms with E-state index in [-0.39, 0.29) is 0 Å². The highest BCUT2D eigenvalue weighted by Crippen LogP contribution is 2.48. The van der Waals surface area contributed by atoms with Crippen LogP contribution in [0.1, 0.15) is 6.42 Å². The molecule has 2 aromatic rings. The molecule has 0 bridgehead atoms. The first-order chi connectivity index (χ1) is 11.3. The van der Waals surface area contributed by atoms with Crippen molar-refractivity contribution in [2.45, 2.75) is 6.42 Å². The van der Waals surface area contributed by atoms with Crippen molar-refractivity contribution < 1.29 is 0 Å². The number of fused-ring (bicyclic) bond motifs is 6. The van der Waals surface area contributed by atoms with Crippen molar-refractivity contribution >= 4 is 22.7 Å². The predicted molar refractivity (Wildman–Crippen MR) is 96.0 cm³/mol. The van der Waals surface area contributed by atoms with Crippen molar-refractivity contribution in [3.8, 4) is 0 Å². The van der Waals surface area contributed by atoms with Gasteiger partial charge in [-0.15, -0.1) is 0 Å². The third-order valence-corrected chi connectivity index (χ3v) is 5.18. The van der Waals surface area contributed by atoms with Crippen LogP contribution in [0.25, 0.3) is 0 Å². The highest BCUT2D eigenvalue weighted by atomic mass is 15.5. The molecule has 23 heavy (non-hydrogen) atoms. The number of hydrogen-bond acceptors (Lipinski definition) is 4. The van der Waals surface area contributed by atoms with E-state index in [0.717, 1.165) is 19.5 Å². The molecule has 3 heterocycles. The second-order valence-electron chi connectivity index (χ2n) is 6.40. The summed E-state index contributed by atoms with van der Waals surface area (Å²) in [6, 6.07) is 17.4. The zero-order valence-corrected chi connectivity index (χ0v) is 13.5. The topological polar surface area (TPSA) is 13.0 Å². The van der Waals surface area contributed by atoms with Crippen molar-refractivity contribution in [2.75, 3.05) is 46.8 Å². The summed E-state index contributed by atoms with van der Waals surface area (Å²) in [4.78, 5) is 9.64. The van der Waals surface area contributed by atoms with Crippen LogP contribution < -0.4 is 19.6 Å². The van der Waals surface area contributed by atoms with E-state index in [4.69, 9.17) is 0 Å². The van der Waals surface area contributed by atoms with E-state index >= 15 is 0 Å². The Bertz CT molecular complexity index is 758. The fourth-order valence-electron chi connectivity index (χ4n) is 4.15. The zero-order chi connectivity index (χ0) is 15.6. The summed E-state index contributed by atoms with van der Waals surface area (Å²) < 4.78 is 0. The summed E-state index contributed by atoms with van der Waals surface area (Å²) in [6.45, 7) is 2.12. The third kappa shape index (κ3) is 1.55. The Balaban J connectivity index is 1.76. The van der Waals surface area contributed by atoms with Crippen LogP contribution in [0.3, 0.4) is 0 Å². The van der Waals surface area contributed by atoms with Crippen LogP contribution in [-0.2, 0) is 0 Å². The molecule has 0 aliphatic carbocycles. The molecule has 0 N–H and O–H groups in total. The Morgan fingerprint density at radius 2 is 1.00 bits per heavy atom. The van der Waals surface area contributed by atoms with Gasteiger partial charge >= 0.3 is 0 Å². The Labute approximate surface area is 136 Å². The quantitative estimate of drug-likeness (QED) is 0.739.